The van der Waals surface area contributed by atoms with Gasteiger partial charge in [0.2, 0.25) is 0 Å². The zero-order chi connectivity index (χ0) is 47.9. The Morgan fingerprint density at radius 2 is 0.591 bits per heavy atom. The molecule has 0 aromatic heterocycles. The summed E-state index contributed by atoms with van der Waals surface area (Å²) in [6.07, 6.45) is 73.2. The van der Waals surface area contributed by atoms with Gasteiger partial charge in [-0.05, 0) is 83.5 Å². The molecule has 0 fully saturated rings. The van der Waals surface area contributed by atoms with Crippen molar-refractivity contribution in [1.29, 1.82) is 0 Å². The fraction of sp³-hybridized carbons (Fsp3) is 0.617. The molecule has 0 saturated heterocycles. The second kappa shape index (κ2) is 53.4. The monoisotopic (exact) mass is 913 g/mol. The van der Waals surface area contributed by atoms with Crippen LogP contribution in [0, 0.1) is 0 Å². The highest BCUT2D eigenvalue weighted by molar-refractivity contribution is 5.71. The van der Waals surface area contributed by atoms with Gasteiger partial charge >= 0.3 is 17.9 Å². The van der Waals surface area contributed by atoms with Crippen LogP contribution >= 0.6 is 0 Å². The van der Waals surface area contributed by atoms with Gasteiger partial charge in [0.05, 0.1) is 0 Å². The summed E-state index contributed by atoms with van der Waals surface area (Å²) in [5.74, 6) is -0.974. The van der Waals surface area contributed by atoms with Gasteiger partial charge in [0.25, 0.3) is 0 Å². The predicted molar refractivity (Wildman–Crippen MR) is 283 cm³/mol. The third-order valence-electron chi connectivity index (χ3n) is 10.9. The molecular formula is C60H96O6. The van der Waals surface area contributed by atoms with E-state index in [9.17, 15) is 14.4 Å². The maximum absolute atomic E-state index is 12.8. The van der Waals surface area contributed by atoms with Crippen molar-refractivity contribution in [3.63, 3.8) is 0 Å². The maximum atomic E-state index is 12.8. The van der Waals surface area contributed by atoms with Crippen LogP contribution < -0.4 is 0 Å². The minimum atomic E-state index is -0.811. The molecule has 0 N–H and O–H groups in total. The van der Waals surface area contributed by atoms with Gasteiger partial charge in [0.1, 0.15) is 13.2 Å². The Balaban J connectivity index is 4.51. The van der Waals surface area contributed by atoms with Crippen molar-refractivity contribution in [3.8, 4) is 0 Å². The van der Waals surface area contributed by atoms with Gasteiger partial charge in [-0.2, -0.15) is 0 Å². The lowest BCUT2D eigenvalue weighted by Crippen LogP contribution is -2.30. The average molecular weight is 913 g/mol. The molecule has 6 heteroatoms. The normalized spacial score (nSPS) is 13.1. The van der Waals surface area contributed by atoms with Gasteiger partial charge in [-0.1, -0.05) is 239 Å². The molecule has 66 heavy (non-hydrogen) atoms. The van der Waals surface area contributed by atoms with Gasteiger partial charge in [0, 0.05) is 19.3 Å². The molecule has 0 bridgehead atoms. The number of hydrogen-bond acceptors (Lipinski definition) is 6. The lowest BCUT2D eigenvalue weighted by molar-refractivity contribution is -0.167. The lowest BCUT2D eigenvalue weighted by atomic mass is 10.1. The number of rotatable bonds is 46. The highest BCUT2D eigenvalue weighted by atomic mass is 16.6. The van der Waals surface area contributed by atoms with Crippen LogP contribution in [0.15, 0.2) is 122 Å². The van der Waals surface area contributed by atoms with Crippen molar-refractivity contribution in [2.24, 2.45) is 0 Å². The second-order valence-electron chi connectivity index (χ2n) is 17.2. The highest BCUT2D eigenvalue weighted by Crippen LogP contribution is 2.13. The molecule has 0 rings (SSSR count). The van der Waals surface area contributed by atoms with E-state index < -0.39 is 6.10 Å². The SMILES string of the molecule is CC\C=C/C=C\C=C/C=C\CCCCCCCC(=O)OCC(COC(=O)CCCCCCC/C=C\C=C/CCCCCCCCC)OC(=O)CCCCCCC\C=C/C=C\C=C/C=C\CC. The topological polar surface area (TPSA) is 78.9 Å². The minimum Gasteiger partial charge on any atom is -0.462 e. The number of ether oxygens (including phenoxy) is 3. The lowest BCUT2D eigenvalue weighted by Gasteiger charge is -2.18. The molecule has 1 atom stereocenters. The van der Waals surface area contributed by atoms with Crippen molar-refractivity contribution in [3.05, 3.63) is 122 Å². The van der Waals surface area contributed by atoms with Crippen LogP contribution in [0.25, 0.3) is 0 Å². The Morgan fingerprint density at radius 1 is 0.318 bits per heavy atom. The molecular weight excluding hydrogens is 817 g/mol. The molecule has 372 valence electrons. The maximum Gasteiger partial charge on any atom is 0.306 e. The Bertz CT molecular complexity index is 1420. The molecule has 1 unspecified atom stereocenters. The largest absolute Gasteiger partial charge is 0.462 e. The van der Waals surface area contributed by atoms with Crippen LogP contribution in [0.2, 0.25) is 0 Å². The Labute approximate surface area is 405 Å². The van der Waals surface area contributed by atoms with Crippen LogP contribution in [-0.4, -0.2) is 37.2 Å². The first kappa shape index (κ1) is 61.8. The van der Waals surface area contributed by atoms with Crippen molar-refractivity contribution < 1.29 is 28.6 Å². The highest BCUT2D eigenvalue weighted by Gasteiger charge is 2.19. The van der Waals surface area contributed by atoms with E-state index in [1.54, 1.807) is 0 Å². The van der Waals surface area contributed by atoms with E-state index in [4.69, 9.17) is 14.2 Å². The number of allylic oxidation sites excluding steroid dienone is 20. The Hall–Kier alpha value is -4.19. The summed E-state index contributed by atoms with van der Waals surface area (Å²) in [7, 11) is 0. The van der Waals surface area contributed by atoms with Crippen molar-refractivity contribution in [2.45, 2.75) is 226 Å². The van der Waals surface area contributed by atoms with E-state index in [2.05, 4.69) is 93.7 Å². The molecule has 0 saturated carbocycles. The van der Waals surface area contributed by atoms with Gasteiger partial charge < -0.3 is 14.2 Å². The van der Waals surface area contributed by atoms with E-state index >= 15 is 0 Å². The fourth-order valence-corrected chi connectivity index (χ4v) is 6.92. The van der Waals surface area contributed by atoms with Gasteiger partial charge in [-0.15, -0.1) is 0 Å². The van der Waals surface area contributed by atoms with Crippen molar-refractivity contribution in [1.82, 2.24) is 0 Å². The Kier molecular flexibility index (Phi) is 50.0. The number of hydrogen-bond donors (Lipinski definition) is 0. The zero-order valence-corrected chi connectivity index (χ0v) is 42.4. The summed E-state index contributed by atoms with van der Waals surface area (Å²) in [5.41, 5.74) is 0. The van der Waals surface area contributed by atoms with E-state index in [0.717, 1.165) is 128 Å². The smallest absolute Gasteiger partial charge is 0.306 e. The van der Waals surface area contributed by atoms with Crippen LogP contribution in [0.1, 0.15) is 220 Å². The van der Waals surface area contributed by atoms with E-state index in [0.29, 0.717) is 12.8 Å². The van der Waals surface area contributed by atoms with E-state index in [-0.39, 0.29) is 37.5 Å². The van der Waals surface area contributed by atoms with Gasteiger partial charge in [-0.25, -0.2) is 0 Å². The number of carbonyl (C=O) groups is 3. The van der Waals surface area contributed by atoms with Gasteiger partial charge in [0.15, 0.2) is 6.10 Å². The summed E-state index contributed by atoms with van der Waals surface area (Å²) >= 11 is 0. The average Bonchev–Trinajstić information content (AvgIpc) is 3.31. The molecule has 6 nitrogen and oxygen atoms in total. The first-order valence-corrected chi connectivity index (χ1v) is 26.7. The standard InChI is InChI=1S/C60H96O6/c1-4-7-10-13-16-19-22-25-28-29-30-33-35-38-41-44-47-50-53-59(62)65-56-57(66-60(63)54-51-48-45-42-39-36-32-27-24-21-18-15-12-9-6-3)55-64-58(61)52-49-46-43-40-37-34-31-26-23-20-17-14-11-8-5-2/h8-9,11-12,14-15,17-18,20-21,23-24,26-33,57H,4-7,10,13,16,19,22,25,34-56H2,1-3H3/b11-8-,12-9-,17-14-,18-15-,23-20-,24-21-,29-28-,31-26-,32-27-,33-30-. The second-order valence-corrected chi connectivity index (χ2v) is 17.2. The molecule has 0 spiro atoms. The van der Waals surface area contributed by atoms with Crippen LogP contribution in [0.5, 0.6) is 0 Å². The molecule has 0 radical (unpaired) electrons. The Morgan fingerprint density at radius 3 is 0.939 bits per heavy atom. The zero-order valence-electron chi connectivity index (χ0n) is 42.4. The minimum absolute atomic E-state index is 0.107. The first-order valence-electron chi connectivity index (χ1n) is 26.7. The predicted octanol–water partition coefficient (Wildman–Crippen LogP) is 17.7. The summed E-state index contributed by atoms with van der Waals surface area (Å²) < 4.78 is 16.8. The number of unbranched alkanes of at least 4 members (excludes halogenated alkanes) is 22. The molecule has 0 amide bonds. The molecule has 0 aromatic rings. The van der Waals surface area contributed by atoms with Gasteiger partial charge in [-0.3, -0.25) is 14.4 Å². The van der Waals surface area contributed by atoms with E-state index in [1.807, 2.05) is 48.6 Å². The third-order valence-corrected chi connectivity index (χ3v) is 10.9. The summed E-state index contributed by atoms with van der Waals surface area (Å²) in [5, 5.41) is 0. The summed E-state index contributed by atoms with van der Waals surface area (Å²) in [6, 6.07) is 0. The molecule has 0 aliphatic carbocycles. The third kappa shape index (κ3) is 50.8. The molecule has 0 aliphatic rings. The summed E-state index contributed by atoms with van der Waals surface area (Å²) in [4.78, 5) is 38.1. The molecule has 0 aromatic carbocycles. The van der Waals surface area contributed by atoms with E-state index in [1.165, 1.54) is 51.4 Å². The van der Waals surface area contributed by atoms with Crippen molar-refractivity contribution in [2.75, 3.05) is 13.2 Å². The molecule has 0 heterocycles. The summed E-state index contributed by atoms with van der Waals surface area (Å²) in [6.45, 7) is 6.29. The van der Waals surface area contributed by atoms with Crippen LogP contribution in [-0.2, 0) is 28.6 Å². The molecule has 0 aliphatic heterocycles. The fourth-order valence-electron chi connectivity index (χ4n) is 6.92. The first-order chi connectivity index (χ1) is 32.5. The van der Waals surface area contributed by atoms with Crippen LogP contribution in [0.3, 0.4) is 0 Å². The quantitative estimate of drug-likeness (QED) is 0.0262. The van der Waals surface area contributed by atoms with Crippen LogP contribution in [0.4, 0.5) is 0 Å². The van der Waals surface area contributed by atoms with Crippen molar-refractivity contribution >= 4 is 17.9 Å². The number of carbonyl (C=O) groups excluding carboxylic acids is 3. The number of esters is 3.